The third-order valence-corrected chi connectivity index (χ3v) is 4.76. The van der Waals surface area contributed by atoms with E-state index in [4.69, 9.17) is 4.98 Å². The Bertz CT molecular complexity index is 1040. The third kappa shape index (κ3) is 2.42. The zero-order valence-electron chi connectivity index (χ0n) is 13.8. The predicted molar refractivity (Wildman–Crippen MR) is 98.8 cm³/mol. The number of piperazine rings is 1. The number of pyridine rings is 1. The lowest BCUT2D eigenvalue weighted by atomic mass is 10.0. The first kappa shape index (κ1) is 14.4. The molecule has 1 aromatic carbocycles. The summed E-state index contributed by atoms with van der Waals surface area (Å²) in [6, 6.07) is 10.2. The molecular formula is C19H18N6. The molecule has 1 saturated heterocycles. The number of fused-ring (bicyclic) bond motifs is 2. The van der Waals surface area contributed by atoms with Gasteiger partial charge in [-0.1, -0.05) is 18.2 Å². The van der Waals surface area contributed by atoms with Crippen LogP contribution in [0.4, 0.5) is 5.69 Å². The highest BCUT2D eigenvalue weighted by Crippen LogP contribution is 2.30. The molecule has 1 aliphatic rings. The minimum Gasteiger partial charge on any atom is -0.366 e. The van der Waals surface area contributed by atoms with Gasteiger partial charge in [0.05, 0.1) is 29.8 Å². The molecule has 0 atom stereocenters. The van der Waals surface area contributed by atoms with Crippen molar-refractivity contribution < 1.29 is 0 Å². The number of hydrogen-bond donors (Lipinski definition) is 1. The Labute approximate surface area is 145 Å². The highest BCUT2D eigenvalue weighted by atomic mass is 15.3. The molecule has 6 heteroatoms. The van der Waals surface area contributed by atoms with E-state index in [0.29, 0.717) is 0 Å². The number of rotatable bonds is 2. The first-order valence-electron chi connectivity index (χ1n) is 8.53. The quantitative estimate of drug-likeness (QED) is 0.611. The van der Waals surface area contributed by atoms with Crippen LogP contribution >= 0.6 is 0 Å². The fourth-order valence-electron chi connectivity index (χ4n) is 3.47. The number of nitrogens with zero attached hydrogens (tertiary/aromatic N) is 5. The Morgan fingerprint density at radius 3 is 2.72 bits per heavy atom. The largest absolute Gasteiger partial charge is 0.366 e. The van der Waals surface area contributed by atoms with Crippen molar-refractivity contribution >= 4 is 22.2 Å². The van der Waals surface area contributed by atoms with Crippen LogP contribution in [0.3, 0.4) is 0 Å². The van der Waals surface area contributed by atoms with Crippen molar-refractivity contribution in [1.29, 1.82) is 0 Å². The van der Waals surface area contributed by atoms with Crippen LogP contribution in [0, 0.1) is 0 Å². The highest BCUT2D eigenvalue weighted by Gasteiger charge is 2.15. The molecule has 4 heterocycles. The summed E-state index contributed by atoms with van der Waals surface area (Å²) in [4.78, 5) is 11.5. The molecule has 0 bridgehead atoms. The first-order valence-corrected chi connectivity index (χ1v) is 8.53. The van der Waals surface area contributed by atoms with E-state index < -0.39 is 0 Å². The first-order chi connectivity index (χ1) is 12.4. The molecule has 1 aliphatic heterocycles. The van der Waals surface area contributed by atoms with Gasteiger partial charge in [0.2, 0.25) is 0 Å². The molecule has 0 spiro atoms. The molecule has 4 aromatic rings. The lowest BCUT2D eigenvalue weighted by Crippen LogP contribution is -2.43. The van der Waals surface area contributed by atoms with Gasteiger partial charge in [0.15, 0.2) is 5.65 Å². The standard InChI is InChI=1S/C19H18N6/c1-2-4-18-16(3-1)15(5-6-21-18)17-12-23-25-13-14(11-22-19(17)25)24-9-7-20-8-10-24/h1-6,11-13,20H,7-10H2. The van der Waals surface area contributed by atoms with Gasteiger partial charge < -0.3 is 10.2 Å². The summed E-state index contributed by atoms with van der Waals surface area (Å²) in [6.45, 7) is 4.00. The lowest BCUT2D eigenvalue weighted by molar-refractivity contribution is 0.587. The van der Waals surface area contributed by atoms with Gasteiger partial charge in [-0.15, -0.1) is 0 Å². The maximum absolute atomic E-state index is 4.72. The molecule has 6 nitrogen and oxygen atoms in total. The SMILES string of the molecule is c1ccc2c(-c3cnn4cc(N5CCNCC5)cnc34)ccnc2c1. The molecule has 5 rings (SSSR count). The molecule has 0 aliphatic carbocycles. The van der Waals surface area contributed by atoms with E-state index in [9.17, 15) is 0 Å². The lowest BCUT2D eigenvalue weighted by Gasteiger charge is -2.28. The van der Waals surface area contributed by atoms with Gasteiger partial charge >= 0.3 is 0 Å². The summed E-state index contributed by atoms with van der Waals surface area (Å²) >= 11 is 0. The molecule has 0 saturated carbocycles. The Kier molecular flexibility index (Phi) is 3.34. The summed E-state index contributed by atoms with van der Waals surface area (Å²) < 4.78 is 1.88. The molecule has 1 N–H and O–H groups in total. The van der Waals surface area contributed by atoms with Gasteiger partial charge in [0.25, 0.3) is 0 Å². The number of benzene rings is 1. The minimum atomic E-state index is 0.871. The maximum Gasteiger partial charge on any atom is 0.162 e. The van der Waals surface area contributed by atoms with E-state index in [1.165, 1.54) is 0 Å². The minimum absolute atomic E-state index is 0.871. The van der Waals surface area contributed by atoms with Crippen molar-refractivity contribution in [3.8, 4) is 11.1 Å². The van der Waals surface area contributed by atoms with Gasteiger partial charge in [-0.3, -0.25) is 4.98 Å². The van der Waals surface area contributed by atoms with Crippen LogP contribution in [0.5, 0.6) is 0 Å². The second-order valence-electron chi connectivity index (χ2n) is 6.25. The van der Waals surface area contributed by atoms with E-state index in [-0.39, 0.29) is 0 Å². The van der Waals surface area contributed by atoms with Crippen LogP contribution in [0.25, 0.3) is 27.7 Å². The van der Waals surface area contributed by atoms with Gasteiger partial charge in [0.1, 0.15) is 0 Å². The van der Waals surface area contributed by atoms with Crippen LogP contribution in [0.2, 0.25) is 0 Å². The van der Waals surface area contributed by atoms with Crippen molar-refractivity contribution in [2.45, 2.75) is 0 Å². The number of hydrogen-bond acceptors (Lipinski definition) is 5. The fourth-order valence-corrected chi connectivity index (χ4v) is 3.47. The average molecular weight is 330 g/mol. The van der Waals surface area contributed by atoms with Crippen molar-refractivity contribution in [2.75, 3.05) is 31.1 Å². The Morgan fingerprint density at radius 2 is 1.80 bits per heavy atom. The summed E-state index contributed by atoms with van der Waals surface area (Å²) in [5.74, 6) is 0. The average Bonchev–Trinajstić information content (AvgIpc) is 3.11. The second kappa shape index (κ2) is 5.82. The molecule has 0 radical (unpaired) electrons. The number of anilines is 1. The number of para-hydroxylation sites is 1. The van der Waals surface area contributed by atoms with Crippen molar-refractivity contribution in [2.24, 2.45) is 0 Å². The zero-order chi connectivity index (χ0) is 16.6. The maximum atomic E-state index is 4.72. The molecule has 0 unspecified atom stereocenters. The topological polar surface area (TPSA) is 58.4 Å². The fraction of sp³-hybridized carbons (Fsp3) is 0.211. The molecule has 25 heavy (non-hydrogen) atoms. The van der Waals surface area contributed by atoms with Crippen LogP contribution < -0.4 is 10.2 Å². The number of nitrogens with one attached hydrogen (secondary N) is 1. The molecule has 1 fully saturated rings. The molecule has 124 valence electrons. The molecule has 3 aromatic heterocycles. The summed E-state index contributed by atoms with van der Waals surface area (Å²) in [5.41, 5.74) is 5.11. The van der Waals surface area contributed by atoms with E-state index in [1.54, 1.807) is 0 Å². The van der Waals surface area contributed by atoms with Crippen LogP contribution in [0.15, 0.2) is 55.1 Å². The van der Waals surface area contributed by atoms with Gasteiger partial charge in [-0.05, 0) is 17.7 Å². The van der Waals surface area contributed by atoms with Gasteiger partial charge in [-0.2, -0.15) is 5.10 Å². The van der Waals surface area contributed by atoms with Crippen LogP contribution in [-0.4, -0.2) is 45.8 Å². The van der Waals surface area contributed by atoms with E-state index in [2.05, 4.69) is 32.6 Å². The normalized spacial score (nSPS) is 15.1. The molecular weight excluding hydrogens is 312 g/mol. The zero-order valence-corrected chi connectivity index (χ0v) is 13.8. The summed E-state index contributed by atoms with van der Waals surface area (Å²) in [6.07, 6.45) is 7.76. The van der Waals surface area contributed by atoms with Gasteiger partial charge in [-0.25, -0.2) is 9.50 Å². The Morgan fingerprint density at radius 1 is 0.920 bits per heavy atom. The third-order valence-electron chi connectivity index (χ3n) is 4.76. The van der Waals surface area contributed by atoms with Gasteiger partial charge in [0, 0.05) is 43.3 Å². The van der Waals surface area contributed by atoms with Crippen molar-refractivity contribution in [3.63, 3.8) is 0 Å². The Balaban J connectivity index is 1.62. The van der Waals surface area contributed by atoms with Crippen LogP contribution in [0.1, 0.15) is 0 Å². The predicted octanol–water partition coefficient (Wildman–Crippen LogP) is 2.35. The smallest absolute Gasteiger partial charge is 0.162 e. The number of aromatic nitrogens is 4. The monoisotopic (exact) mass is 330 g/mol. The highest BCUT2D eigenvalue weighted by molar-refractivity contribution is 5.97. The van der Waals surface area contributed by atoms with E-state index in [0.717, 1.165) is 59.5 Å². The Hall–Kier alpha value is -2.99. The second-order valence-corrected chi connectivity index (χ2v) is 6.25. The molecule has 0 amide bonds. The van der Waals surface area contributed by atoms with Crippen LogP contribution in [-0.2, 0) is 0 Å². The van der Waals surface area contributed by atoms with Crippen molar-refractivity contribution in [1.82, 2.24) is 24.9 Å². The van der Waals surface area contributed by atoms with E-state index >= 15 is 0 Å². The summed E-state index contributed by atoms with van der Waals surface area (Å²) in [7, 11) is 0. The van der Waals surface area contributed by atoms with Crippen molar-refractivity contribution in [3.05, 3.63) is 55.1 Å². The van der Waals surface area contributed by atoms with E-state index in [1.807, 2.05) is 47.4 Å². The summed E-state index contributed by atoms with van der Waals surface area (Å²) in [5, 5.41) is 9.04.